The monoisotopic (exact) mass is 322 g/mol. The molecule has 3 aromatic rings. The zero-order valence-electron chi connectivity index (χ0n) is 12.1. The molecule has 108 valence electrons. The summed E-state index contributed by atoms with van der Waals surface area (Å²) in [5, 5.41) is 2.98. The Morgan fingerprint density at radius 3 is 2.68 bits per heavy atom. The molecule has 0 atom stereocenters. The van der Waals surface area contributed by atoms with Crippen molar-refractivity contribution in [3.63, 3.8) is 0 Å². The molecule has 0 aliphatic heterocycles. The van der Waals surface area contributed by atoms with Gasteiger partial charge in [0.2, 0.25) is 0 Å². The van der Waals surface area contributed by atoms with Gasteiger partial charge in [0.05, 0.1) is 0 Å². The molecule has 0 amide bonds. The average molecular weight is 323 g/mol. The second-order valence-electron chi connectivity index (χ2n) is 5.55. The van der Waals surface area contributed by atoms with Crippen LogP contribution in [0.5, 0.6) is 0 Å². The first-order chi connectivity index (χ1) is 10.8. The summed E-state index contributed by atoms with van der Waals surface area (Å²) < 4.78 is 0. The largest absolute Gasteiger partial charge is 0.144 e. The standard InChI is InChI=1S/C20H15ClS/c21-17-6-3-4-14(12-17)13-19-18-7-2-1-5-15(18)8-9-16-10-11-22-20(16)19/h1-7,10-13H,8-9H2. The number of aryl methyl sites for hydroxylation is 2. The maximum absolute atomic E-state index is 6.15. The maximum atomic E-state index is 6.15. The summed E-state index contributed by atoms with van der Waals surface area (Å²) in [5.74, 6) is 0. The minimum atomic E-state index is 0.780. The lowest BCUT2D eigenvalue weighted by Crippen LogP contribution is -1.91. The summed E-state index contributed by atoms with van der Waals surface area (Å²) in [6, 6.07) is 19.1. The Morgan fingerprint density at radius 2 is 1.77 bits per heavy atom. The molecule has 0 radical (unpaired) electrons. The topological polar surface area (TPSA) is 0 Å². The smallest absolute Gasteiger partial charge is 0.0411 e. The van der Waals surface area contributed by atoms with Crippen LogP contribution in [0.25, 0.3) is 11.6 Å². The molecule has 2 heteroatoms. The fraction of sp³-hybridized carbons (Fsp3) is 0.100. The van der Waals surface area contributed by atoms with Crippen molar-refractivity contribution in [2.75, 3.05) is 0 Å². The molecule has 0 saturated heterocycles. The number of thiophene rings is 1. The molecule has 1 aliphatic carbocycles. The maximum Gasteiger partial charge on any atom is 0.0411 e. The first kappa shape index (κ1) is 13.8. The van der Waals surface area contributed by atoms with E-state index in [1.165, 1.54) is 27.1 Å². The van der Waals surface area contributed by atoms with Gasteiger partial charge in [-0.15, -0.1) is 11.3 Å². The molecule has 0 saturated carbocycles. The Kier molecular flexibility index (Phi) is 3.61. The summed E-state index contributed by atoms with van der Waals surface area (Å²) >= 11 is 7.98. The number of hydrogen-bond acceptors (Lipinski definition) is 1. The quantitative estimate of drug-likeness (QED) is 0.508. The van der Waals surface area contributed by atoms with Crippen LogP contribution in [0.4, 0.5) is 0 Å². The molecule has 2 aromatic carbocycles. The first-order valence-electron chi connectivity index (χ1n) is 7.43. The minimum absolute atomic E-state index is 0.780. The van der Waals surface area contributed by atoms with Gasteiger partial charge in [0.15, 0.2) is 0 Å². The second-order valence-corrected chi connectivity index (χ2v) is 6.90. The van der Waals surface area contributed by atoms with Gasteiger partial charge in [0.25, 0.3) is 0 Å². The van der Waals surface area contributed by atoms with Crippen molar-refractivity contribution < 1.29 is 0 Å². The molecule has 1 aromatic heterocycles. The van der Waals surface area contributed by atoms with E-state index < -0.39 is 0 Å². The number of fused-ring (bicyclic) bond motifs is 2. The van der Waals surface area contributed by atoms with Crippen LogP contribution in [0.15, 0.2) is 60.0 Å². The highest BCUT2D eigenvalue weighted by Crippen LogP contribution is 2.38. The van der Waals surface area contributed by atoms with Crippen LogP contribution in [-0.2, 0) is 12.8 Å². The van der Waals surface area contributed by atoms with Gasteiger partial charge >= 0.3 is 0 Å². The van der Waals surface area contributed by atoms with E-state index in [0.717, 1.165) is 23.4 Å². The third kappa shape index (κ3) is 2.51. The van der Waals surface area contributed by atoms with Crippen LogP contribution in [-0.4, -0.2) is 0 Å². The van der Waals surface area contributed by atoms with Crippen LogP contribution in [0.2, 0.25) is 5.02 Å². The Bertz CT molecular complexity index is 857. The summed E-state index contributed by atoms with van der Waals surface area (Å²) in [6.45, 7) is 0. The van der Waals surface area contributed by atoms with Crippen molar-refractivity contribution in [2.45, 2.75) is 12.8 Å². The second kappa shape index (κ2) is 5.75. The van der Waals surface area contributed by atoms with E-state index in [1.54, 1.807) is 0 Å². The van der Waals surface area contributed by atoms with E-state index in [0.29, 0.717) is 0 Å². The lowest BCUT2D eigenvalue weighted by Gasteiger charge is -2.09. The molecule has 4 rings (SSSR count). The van der Waals surface area contributed by atoms with Crippen molar-refractivity contribution in [1.82, 2.24) is 0 Å². The first-order valence-corrected chi connectivity index (χ1v) is 8.69. The molecular formula is C20H15ClS. The van der Waals surface area contributed by atoms with Crippen molar-refractivity contribution in [1.29, 1.82) is 0 Å². The molecule has 0 N–H and O–H groups in total. The zero-order chi connectivity index (χ0) is 14.9. The Morgan fingerprint density at radius 1 is 0.909 bits per heavy atom. The van der Waals surface area contributed by atoms with Crippen molar-refractivity contribution in [2.24, 2.45) is 0 Å². The summed E-state index contributed by atoms with van der Waals surface area (Å²) in [4.78, 5) is 1.39. The Labute approximate surface area is 139 Å². The van der Waals surface area contributed by atoms with Gasteiger partial charge < -0.3 is 0 Å². The average Bonchev–Trinajstić information content (AvgIpc) is 2.94. The van der Waals surface area contributed by atoms with Gasteiger partial charge in [-0.05, 0) is 64.8 Å². The van der Waals surface area contributed by atoms with Gasteiger partial charge in [-0.1, -0.05) is 48.0 Å². The van der Waals surface area contributed by atoms with E-state index in [-0.39, 0.29) is 0 Å². The van der Waals surface area contributed by atoms with Gasteiger partial charge in [-0.25, -0.2) is 0 Å². The lowest BCUT2D eigenvalue weighted by molar-refractivity contribution is 0.970. The number of hydrogen-bond donors (Lipinski definition) is 0. The predicted octanol–water partition coefficient (Wildman–Crippen LogP) is 6.09. The lowest BCUT2D eigenvalue weighted by atomic mass is 9.97. The van der Waals surface area contributed by atoms with E-state index in [1.807, 2.05) is 29.5 Å². The van der Waals surface area contributed by atoms with Gasteiger partial charge in [0.1, 0.15) is 0 Å². The molecule has 0 spiro atoms. The number of benzene rings is 2. The summed E-state index contributed by atoms with van der Waals surface area (Å²) in [6.07, 6.45) is 4.49. The number of rotatable bonds is 1. The van der Waals surface area contributed by atoms with Gasteiger partial charge in [0, 0.05) is 15.5 Å². The van der Waals surface area contributed by atoms with Crippen LogP contribution in [0, 0.1) is 0 Å². The third-order valence-corrected chi connectivity index (χ3v) is 5.35. The van der Waals surface area contributed by atoms with E-state index in [2.05, 4.69) is 47.9 Å². The molecule has 1 heterocycles. The normalized spacial score (nSPS) is 15.2. The molecule has 0 nitrogen and oxygen atoms in total. The van der Waals surface area contributed by atoms with Gasteiger partial charge in [-0.3, -0.25) is 0 Å². The van der Waals surface area contributed by atoms with Crippen LogP contribution >= 0.6 is 22.9 Å². The molecule has 0 unspecified atom stereocenters. The molecule has 1 aliphatic rings. The van der Waals surface area contributed by atoms with Gasteiger partial charge in [-0.2, -0.15) is 0 Å². The fourth-order valence-electron chi connectivity index (χ4n) is 3.07. The zero-order valence-corrected chi connectivity index (χ0v) is 13.6. The third-order valence-electron chi connectivity index (χ3n) is 4.12. The van der Waals surface area contributed by atoms with Crippen LogP contribution in [0.3, 0.4) is 0 Å². The highest BCUT2D eigenvalue weighted by Gasteiger charge is 2.18. The molecule has 22 heavy (non-hydrogen) atoms. The summed E-state index contributed by atoms with van der Waals surface area (Å²) in [5.41, 5.74) is 6.70. The van der Waals surface area contributed by atoms with E-state index >= 15 is 0 Å². The Hall–Kier alpha value is -1.83. The highest BCUT2D eigenvalue weighted by atomic mass is 35.5. The molecular weight excluding hydrogens is 308 g/mol. The predicted molar refractivity (Wildman–Crippen MR) is 96.6 cm³/mol. The molecule has 0 fully saturated rings. The minimum Gasteiger partial charge on any atom is -0.144 e. The molecule has 0 bridgehead atoms. The number of halogens is 1. The van der Waals surface area contributed by atoms with Crippen LogP contribution < -0.4 is 0 Å². The fourth-order valence-corrected chi connectivity index (χ4v) is 4.25. The summed E-state index contributed by atoms with van der Waals surface area (Å²) in [7, 11) is 0. The van der Waals surface area contributed by atoms with E-state index in [4.69, 9.17) is 11.6 Å². The van der Waals surface area contributed by atoms with Crippen molar-refractivity contribution >= 4 is 34.6 Å². The highest BCUT2D eigenvalue weighted by molar-refractivity contribution is 7.11. The van der Waals surface area contributed by atoms with E-state index in [9.17, 15) is 0 Å². The Balaban J connectivity index is 1.95. The van der Waals surface area contributed by atoms with Crippen molar-refractivity contribution in [3.05, 3.63) is 92.1 Å². The van der Waals surface area contributed by atoms with Crippen LogP contribution in [0.1, 0.15) is 27.1 Å². The van der Waals surface area contributed by atoms with Crippen molar-refractivity contribution in [3.8, 4) is 0 Å². The SMILES string of the molecule is Clc1cccc(C=C2c3ccccc3CCc3ccsc32)c1.